The molecule has 3 rings (SSSR count). The highest BCUT2D eigenvalue weighted by Crippen LogP contribution is 2.23. The Morgan fingerprint density at radius 3 is 2.48 bits per heavy atom. The van der Waals surface area contributed by atoms with Crippen molar-refractivity contribution in [1.82, 2.24) is 0 Å². The summed E-state index contributed by atoms with van der Waals surface area (Å²) in [7, 11) is 0. The van der Waals surface area contributed by atoms with Gasteiger partial charge in [-0.25, -0.2) is 5.01 Å². The van der Waals surface area contributed by atoms with E-state index in [1.807, 2.05) is 32.0 Å². The molecule has 0 aliphatic carbocycles. The molecule has 6 heteroatoms. The minimum absolute atomic E-state index is 0.148. The van der Waals surface area contributed by atoms with E-state index >= 15 is 0 Å². The number of hydrogen-bond acceptors (Lipinski definition) is 3. The second-order valence-corrected chi connectivity index (χ2v) is 6.42. The van der Waals surface area contributed by atoms with Crippen LogP contribution in [0, 0.1) is 13.8 Å². The fourth-order valence-electron chi connectivity index (χ4n) is 2.52. The maximum atomic E-state index is 12.5. The second-order valence-electron chi connectivity index (χ2n) is 5.98. The van der Waals surface area contributed by atoms with Crippen LogP contribution in [0.3, 0.4) is 0 Å². The van der Waals surface area contributed by atoms with Gasteiger partial charge >= 0.3 is 0 Å². The molecule has 0 saturated carbocycles. The van der Waals surface area contributed by atoms with Crippen LogP contribution in [0.4, 0.5) is 11.4 Å². The molecule has 1 aliphatic heterocycles. The average Bonchev–Trinajstić information content (AvgIpc) is 2.59. The molecule has 2 amide bonds. The summed E-state index contributed by atoms with van der Waals surface area (Å²) in [4.78, 5) is 24.6. The monoisotopic (exact) mass is 355 g/mol. The minimum Gasteiger partial charge on any atom is -0.321 e. The van der Waals surface area contributed by atoms with Gasteiger partial charge in [0.2, 0.25) is 5.91 Å². The molecule has 0 fully saturated rings. The zero-order valence-corrected chi connectivity index (χ0v) is 14.8. The second kappa shape index (κ2) is 7.07. The van der Waals surface area contributed by atoms with E-state index in [1.54, 1.807) is 24.3 Å². The van der Waals surface area contributed by atoms with Crippen LogP contribution in [0.15, 0.2) is 47.6 Å². The smallest absolute Gasteiger partial charge is 0.271 e. The largest absolute Gasteiger partial charge is 0.321 e. The predicted molar refractivity (Wildman–Crippen MR) is 100 cm³/mol. The maximum absolute atomic E-state index is 12.5. The van der Waals surface area contributed by atoms with Gasteiger partial charge in [0.15, 0.2) is 0 Å². The van der Waals surface area contributed by atoms with E-state index in [0.717, 1.165) is 11.1 Å². The van der Waals surface area contributed by atoms with Gasteiger partial charge in [0.05, 0.1) is 5.69 Å². The Labute approximate surface area is 151 Å². The van der Waals surface area contributed by atoms with Crippen LogP contribution in [0.25, 0.3) is 0 Å². The molecule has 0 saturated heterocycles. The van der Waals surface area contributed by atoms with Crippen molar-refractivity contribution in [3.05, 3.63) is 58.6 Å². The number of amides is 2. The van der Waals surface area contributed by atoms with Crippen LogP contribution in [-0.4, -0.2) is 17.5 Å². The lowest BCUT2D eigenvalue weighted by Crippen LogP contribution is -2.36. The van der Waals surface area contributed by atoms with Crippen LogP contribution < -0.4 is 10.3 Å². The molecule has 1 N–H and O–H groups in total. The third-order valence-corrected chi connectivity index (χ3v) is 4.38. The zero-order valence-electron chi connectivity index (χ0n) is 14.0. The van der Waals surface area contributed by atoms with Gasteiger partial charge in [0, 0.05) is 23.6 Å². The van der Waals surface area contributed by atoms with Gasteiger partial charge in [-0.05, 0) is 61.4 Å². The SMILES string of the molecule is Cc1ccc(NC(=O)C2=NN(c3ccc(Cl)cc3)C(=O)CC2)cc1C. The van der Waals surface area contributed by atoms with Crippen LogP contribution in [0.2, 0.25) is 5.02 Å². The quantitative estimate of drug-likeness (QED) is 0.901. The van der Waals surface area contributed by atoms with Gasteiger partial charge in [-0.3, -0.25) is 9.59 Å². The highest BCUT2D eigenvalue weighted by atomic mass is 35.5. The Hall–Kier alpha value is -2.66. The van der Waals surface area contributed by atoms with Crippen LogP contribution in [0.5, 0.6) is 0 Å². The highest BCUT2D eigenvalue weighted by molar-refractivity contribution is 6.44. The molecule has 2 aromatic rings. The van der Waals surface area contributed by atoms with Gasteiger partial charge in [-0.2, -0.15) is 5.10 Å². The fourth-order valence-corrected chi connectivity index (χ4v) is 2.65. The minimum atomic E-state index is -0.297. The molecule has 128 valence electrons. The molecule has 0 bridgehead atoms. The van der Waals surface area contributed by atoms with Crippen molar-refractivity contribution in [3.8, 4) is 0 Å². The summed E-state index contributed by atoms with van der Waals surface area (Å²) in [6.45, 7) is 4.01. The van der Waals surface area contributed by atoms with E-state index in [0.29, 0.717) is 28.5 Å². The number of anilines is 2. The third kappa shape index (κ3) is 3.88. The molecule has 0 aromatic heterocycles. The van der Waals surface area contributed by atoms with E-state index < -0.39 is 0 Å². The Kier molecular flexibility index (Phi) is 4.86. The molecule has 1 heterocycles. The number of carbonyl (C=O) groups excluding carboxylic acids is 2. The maximum Gasteiger partial charge on any atom is 0.271 e. The van der Waals surface area contributed by atoms with Crippen molar-refractivity contribution in [3.63, 3.8) is 0 Å². The molecule has 0 unspecified atom stereocenters. The lowest BCUT2D eigenvalue weighted by Gasteiger charge is -2.23. The molecule has 0 atom stereocenters. The van der Waals surface area contributed by atoms with Gasteiger partial charge in [-0.15, -0.1) is 0 Å². The predicted octanol–water partition coefficient (Wildman–Crippen LogP) is 4.08. The number of carbonyl (C=O) groups is 2. The third-order valence-electron chi connectivity index (χ3n) is 4.13. The molecule has 25 heavy (non-hydrogen) atoms. The molecular weight excluding hydrogens is 338 g/mol. The summed E-state index contributed by atoms with van der Waals surface area (Å²) < 4.78 is 0. The number of nitrogens with one attached hydrogen (secondary N) is 1. The van der Waals surface area contributed by atoms with E-state index in [1.165, 1.54) is 5.01 Å². The zero-order chi connectivity index (χ0) is 18.0. The summed E-state index contributed by atoms with van der Waals surface area (Å²) >= 11 is 5.88. The van der Waals surface area contributed by atoms with Crippen molar-refractivity contribution in [1.29, 1.82) is 0 Å². The van der Waals surface area contributed by atoms with Crippen LogP contribution >= 0.6 is 11.6 Å². The lowest BCUT2D eigenvalue weighted by atomic mass is 10.1. The summed E-state index contributed by atoms with van der Waals surface area (Å²) in [6.07, 6.45) is 0.557. The number of nitrogens with zero attached hydrogens (tertiary/aromatic N) is 2. The van der Waals surface area contributed by atoms with Crippen molar-refractivity contribution in [2.75, 3.05) is 10.3 Å². The van der Waals surface area contributed by atoms with E-state index in [4.69, 9.17) is 11.6 Å². The molecule has 0 spiro atoms. The first kappa shape index (κ1) is 17.2. The van der Waals surface area contributed by atoms with E-state index in [9.17, 15) is 9.59 Å². The first-order valence-corrected chi connectivity index (χ1v) is 8.36. The number of benzene rings is 2. The Balaban J connectivity index is 1.81. The van der Waals surface area contributed by atoms with Crippen molar-refractivity contribution < 1.29 is 9.59 Å². The highest BCUT2D eigenvalue weighted by Gasteiger charge is 2.25. The van der Waals surface area contributed by atoms with E-state index in [-0.39, 0.29) is 18.2 Å². The molecule has 1 aliphatic rings. The number of rotatable bonds is 3. The van der Waals surface area contributed by atoms with Crippen LogP contribution in [-0.2, 0) is 9.59 Å². The number of hydrazone groups is 1. The van der Waals surface area contributed by atoms with Crippen molar-refractivity contribution in [2.45, 2.75) is 26.7 Å². The van der Waals surface area contributed by atoms with Crippen LogP contribution in [0.1, 0.15) is 24.0 Å². The first-order chi connectivity index (χ1) is 11.9. The van der Waals surface area contributed by atoms with Gasteiger partial charge in [0.1, 0.15) is 5.71 Å². The van der Waals surface area contributed by atoms with Gasteiger partial charge < -0.3 is 5.32 Å². The van der Waals surface area contributed by atoms with E-state index in [2.05, 4.69) is 10.4 Å². The fraction of sp³-hybridized carbons (Fsp3) is 0.211. The number of aryl methyl sites for hydroxylation is 2. The van der Waals surface area contributed by atoms with Gasteiger partial charge in [0.25, 0.3) is 5.91 Å². The topological polar surface area (TPSA) is 61.8 Å². The normalized spacial score (nSPS) is 14.3. The summed E-state index contributed by atoms with van der Waals surface area (Å²) in [5.41, 5.74) is 3.89. The Morgan fingerprint density at radius 1 is 1.08 bits per heavy atom. The molecule has 5 nitrogen and oxygen atoms in total. The average molecular weight is 356 g/mol. The number of hydrogen-bond donors (Lipinski definition) is 1. The Bertz CT molecular complexity index is 859. The first-order valence-electron chi connectivity index (χ1n) is 7.98. The molecule has 2 aromatic carbocycles. The summed E-state index contributed by atoms with van der Waals surface area (Å²) in [5, 5.41) is 8.92. The summed E-state index contributed by atoms with van der Waals surface area (Å²) in [5.74, 6) is -0.445. The summed E-state index contributed by atoms with van der Waals surface area (Å²) in [6, 6.07) is 12.5. The standard InChI is InChI=1S/C19H18ClN3O2/c1-12-3-6-15(11-13(12)2)21-19(25)17-9-10-18(24)23(22-17)16-7-4-14(20)5-8-16/h3-8,11H,9-10H2,1-2H3,(H,21,25). The molecule has 0 radical (unpaired) electrons. The Morgan fingerprint density at radius 2 is 1.80 bits per heavy atom. The van der Waals surface area contributed by atoms with Crippen molar-refractivity contribution >= 4 is 40.5 Å². The molecular formula is C19H18ClN3O2. The lowest BCUT2D eigenvalue weighted by molar-refractivity contribution is -0.118. The van der Waals surface area contributed by atoms with Gasteiger partial charge in [-0.1, -0.05) is 17.7 Å². The number of halogens is 1. The van der Waals surface area contributed by atoms with Crippen molar-refractivity contribution in [2.24, 2.45) is 5.10 Å².